The van der Waals surface area contributed by atoms with Crippen molar-refractivity contribution in [2.75, 3.05) is 19.8 Å². The molecule has 0 spiro atoms. The Labute approximate surface area is 99.0 Å². The smallest absolute Gasteiger partial charge is 0 e. The van der Waals surface area contributed by atoms with Gasteiger partial charge < -0.3 is 15.3 Å². The monoisotopic (exact) mass is 362 g/mol. The second-order valence-electron chi connectivity index (χ2n) is 0.866. The molecule has 63 valence electrons. The van der Waals surface area contributed by atoms with Crippen LogP contribution in [-0.4, -0.2) is 19.8 Å². The van der Waals surface area contributed by atoms with Gasteiger partial charge in [0.2, 0.25) is 0 Å². The average Bonchev–Trinajstić information content (AvgIpc) is 1.70. The van der Waals surface area contributed by atoms with Crippen LogP contribution in [-0.2, 0) is 0 Å². The first-order chi connectivity index (χ1) is 4.24. The van der Waals surface area contributed by atoms with E-state index >= 15 is 0 Å². The molecule has 0 fully saturated rings. The first-order valence-corrected chi connectivity index (χ1v) is 2.99. The molecule has 0 atom stereocenters. The van der Waals surface area contributed by atoms with Crippen LogP contribution >= 0.6 is 0 Å². The van der Waals surface area contributed by atoms with Gasteiger partial charge in [0.15, 0.2) is 0 Å². The van der Waals surface area contributed by atoms with E-state index in [-0.39, 0.29) is 63.9 Å². The van der Waals surface area contributed by atoms with E-state index < -0.39 is 0 Å². The minimum atomic E-state index is 0. The normalized spacial score (nSPS) is 5.40. The summed E-state index contributed by atoms with van der Waals surface area (Å²) >= 11 is 0. The molecule has 10 heavy (non-hydrogen) atoms. The molecular weight excluding hydrogens is 347 g/mol. The zero-order valence-corrected chi connectivity index (χ0v) is 11.7. The van der Waals surface area contributed by atoms with E-state index in [0.717, 1.165) is 0 Å². The van der Waals surface area contributed by atoms with E-state index in [9.17, 15) is 0 Å². The van der Waals surface area contributed by atoms with Gasteiger partial charge in [0.1, 0.15) is 0 Å². The number of hydrogen-bond donors (Lipinski definition) is 0. The quantitative estimate of drug-likeness (QED) is 0.506. The molecule has 0 amide bonds. The van der Waals surface area contributed by atoms with Gasteiger partial charge in [-0.1, -0.05) is 20.8 Å². The topological polar surface area (TPSA) is 69.2 Å². The molecule has 0 rings (SSSR count). The summed E-state index contributed by atoms with van der Waals surface area (Å²) in [5, 5.41) is 26.8. The molecule has 0 N–H and O–H groups in total. The fraction of sp³-hybridized carbons (Fsp3) is 1.00. The Hall–Kier alpha value is 1.32. The zero-order valence-electron chi connectivity index (χ0n) is 6.92. The summed E-state index contributed by atoms with van der Waals surface area (Å²) < 4.78 is 0. The molecule has 0 unspecified atom stereocenters. The van der Waals surface area contributed by atoms with Crippen molar-refractivity contribution in [1.29, 1.82) is 0 Å². The molecule has 0 saturated heterocycles. The summed E-state index contributed by atoms with van der Waals surface area (Å²) in [5.41, 5.74) is 0. The van der Waals surface area contributed by atoms with Crippen LogP contribution < -0.4 is 15.3 Å². The van der Waals surface area contributed by atoms with Crippen molar-refractivity contribution in [3.63, 3.8) is 0 Å². The summed E-state index contributed by atoms with van der Waals surface area (Å²) in [7, 11) is 0. The van der Waals surface area contributed by atoms with Gasteiger partial charge in [-0.05, 0) is 0 Å². The third-order valence-electron chi connectivity index (χ3n) is 0. The Morgan fingerprint density at radius 1 is 0.700 bits per heavy atom. The summed E-state index contributed by atoms with van der Waals surface area (Å²) in [6, 6.07) is 0. The molecule has 0 heterocycles. The van der Waals surface area contributed by atoms with E-state index in [1.54, 1.807) is 20.8 Å². The van der Waals surface area contributed by atoms with Crippen LogP contribution in [0.25, 0.3) is 0 Å². The van der Waals surface area contributed by atoms with Crippen LogP contribution in [0.1, 0.15) is 20.8 Å². The Balaban J connectivity index is -0.0000000257. The average molecular weight is 362 g/mol. The standard InChI is InChI=1S/3C2H5O.Ac/c3*1-2-3;/h3*2H2,1H3;/q3*-1;. The van der Waals surface area contributed by atoms with Gasteiger partial charge in [0, 0.05) is 44.1 Å². The Kier molecular flexibility index (Phi) is 108. The summed E-state index contributed by atoms with van der Waals surface area (Å²) in [6.07, 6.45) is 0. The zero-order chi connectivity index (χ0) is 8.12. The van der Waals surface area contributed by atoms with E-state index in [4.69, 9.17) is 15.3 Å². The molecule has 0 saturated carbocycles. The van der Waals surface area contributed by atoms with Crippen LogP contribution in [0.3, 0.4) is 0 Å². The Bertz CT molecular complexity index is 17.7. The molecule has 1 radical (unpaired) electrons. The molecule has 4 heteroatoms. The number of rotatable bonds is 0. The van der Waals surface area contributed by atoms with Crippen molar-refractivity contribution in [3.8, 4) is 0 Å². The molecule has 3 nitrogen and oxygen atoms in total. The summed E-state index contributed by atoms with van der Waals surface area (Å²) in [4.78, 5) is 0. The maximum atomic E-state index is 8.93. The fourth-order valence-electron chi connectivity index (χ4n) is 0. The Morgan fingerprint density at radius 2 is 0.700 bits per heavy atom. The van der Waals surface area contributed by atoms with Crippen LogP contribution in [0.4, 0.5) is 0 Å². The van der Waals surface area contributed by atoms with E-state index in [1.807, 2.05) is 0 Å². The van der Waals surface area contributed by atoms with Gasteiger partial charge >= 0.3 is 0 Å². The van der Waals surface area contributed by atoms with Gasteiger partial charge in [-0.15, -0.1) is 19.8 Å². The van der Waals surface area contributed by atoms with Gasteiger partial charge in [-0.3, -0.25) is 0 Å². The van der Waals surface area contributed by atoms with Crippen LogP contribution in [0.5, 0.6) is 0 Å². The first kappa shape index (κ1) is 22.5. The largest absolute Gasteiger partial charge is 0.855 e. The fourth-order valence-corrected chi connectivity index (χ4v) is 0. The maximum absolute atomic E-state index is 8.93. The summed E-state index contributed by atoms with van der Waals surface area (Å²) in [6.45, 7) is 4.71. The third-order valence-corrected chi connectivity index (χ3v) is 0. The van der Waals surface area contributed by atoms with Crippen molar-refractivity contribution in [2.24, 2.45) is 0 Å². The van der Waals surface area contributed by atoms with E-state index in [0.29, 0.717) is 0 Å². The molecule has 0 aromatic carbocycles. The molecule has 0 aliphatic carbocycles. The van der Waals surface area contributed by atoms with E-state index in [1.165, 1.54) is 0 Å². The molecule has 0 bridgehead atoms. The molecule has 0 aliphatic rings. The molecular formula is C6H15AcO3-3. The predicted molar refractivity (Wildman–Crippen MR) is 31.6 cm³/mol. The SMILES string of the molecule is CC[O-].CC[O-].CC[O-].[Ac]. The van der Waals surface area contributed by atoms with Crippen LogP contribution in [0.2, 0.25) is 0 Å². The third kappa shape index (κ3) is 370. The van der Waals surface area contributed by atoms with Gasteiger partial charge in [-0.2, -0.15) is 0 Å². The first-order valence-electron chi connectivity index (χ1n) is 2.99. The van der Waals surface area contributed by atoms with Crippen molar-refractivity contribution < 1.29 is 59.4 Å². The molecule has 0 aromatic heterocycles. The predicted octanol–water partition coefficient (Wildman–Crippen LogP) is -1.90. The van der Waals surface area contributed by atoms with Gasteiger partial charge in [-0.25, -0.2) is 0 Å². The second-order valence-corrected chi connectivity index (χ2v) is 0.866. The molecule has 0 aliphatic heterocycles. The summed E-state index contributed by atoms with van der Waals surface area (Å²) in [5.74, 6) is 0. The molecule has 0 aromatic rings. The van der Waals surface area contributed by atoms with Crippen molar-refractivity contribution >= 4 is 0 Å². The van der Waals surface area contributed by atoms with Crippen molar-refractivity contribution in [1.82, 2.24) is 0 Å². The van der Waals surface area contributed by atoms with Crippen molar-refractivity contribution in [3.05, 3.63) is 0 Å². The number of hydrogen-bond acceptors (Lipinski definition) is 3. The van der Waals surface area contributed by atoms with Crippen LogP contribution in [0, 0.1) is 44.1 Å². The van der Waals surface area contributed by atoms with Crippen molar-refractivity contribution in [2.45, 2.75) is 20.8 Å². The van der Waals surface area contributed by atoms with Crippen LogP contribution in [0.15, 0.2) is 0 Å². The Morgan fingerprint density at radius 3 is 0.700 bits per heavy atom. The minimum absolute atomic E-state index is 0. The minimum Gasteiger partial charge on any atom is -0.855 e. The second kappa shape index (κ2) is 48.0. The van der Waals surface area contributed by atoms with Gasteiger partial charge in [0.25, 0.3) is 0 Å². The van der Waals surface area contributed by atoms with Gasteiger partial charge in [0.05, 0.1) is 0 Å². The maximum Gasteiger partial charge on any atom is 0 e. The van der Waals surface area contributed by atoms with E-state index in [2.05, 4.69) is 0 Å².